The number of halogens is 1. The highest BCUT2D eigenvalue weighted by molar-refractivity contribution is 7.92. The van der Waals surface area contributed by atoms with E-state index in [9.17, 15) is 13.5 Å². The van der Waals surface area contributed by atoms with Crippen LogP contribution >= 0.6 is 11.6 Å². The summed E-state index contributed by atoms with van der Waals surface area (Å²) in [5, 5.41) is 15.9. The first-order valence-corrected chi connectivity index (χ1v) is 14.1. The molecule has 190 valence electrons. The maximum absolute atomic E-state index is 13.9. The minimum atomic E-state index is -3.99. The van der Waals surface area contributed by atoms with Crippen LogP contribution in [0.15, 0.2) is 120 Å². The van der Waals surface area contributed by atoms with Crippen LogP contribution in [0.4, 0.5) is 5.69 Å². The third-order valence-corrected chi connectivity index (χ3v) is 8.93. The van der Waals surface area contributed by atoms with Gasteiger partial charge in [-0.25, -0.2) is 8.42 Å². The molecular weight excluding hydrogens is 516 g/mol. The van der Waals surface area contributed by atoms with E-state index < -0.39 is 16.1 Å². The lowest BCUT2D eigenvalue weighted by atomic mass is 10.1. The van der Waals surface area contributed by atoms with Crippen molar-refractivity contribution in [3.8, 4) is 0 Å². The van der Waals surface area contributed by atoms with Gasteiger partial charge in [-0.1, -0.05) is 78.3 Å². The second kappa shape index (κ2) is 9.80. The number of benzene rings is 5. The highest BCUT2D eigenvalue weighted by Crippen LogP contribution is 2.31. The Morgan fingerprint density at radius 1 is 0.737 bits per heavy atom. The molecule has 6 rings (SSSR count). The molecule has 38 heavy (non-hydrogen) atoms. The molecule has 0 fully saturated rings. The number of hydrogen-bond donors (Lipinski definition) is 1. The molecule has 1 unspecified atom stereocenters. The minimum absolute atomic E-state index is 0.110. The van der Waals surface area contributed by atoms with Gasteiger partial charge in [-0.15, -0.1) is 0 Å². The molecule has 0 saturated heterocycles. The first-order chi connectivity index (χ1) is 18.4. The zero-order chi connectivity index (χ0) is 26.3. The van der Waals surface area contributed by atoms with Crippen LogP contribution < -0.4 is 4.31 Å². The third-order valence-electron chi connectivity index (χ3n) is 6.87. The van der Waals surface area contributed by atoms with Crippen molar-refractivity contribution in [3.63, 3.8) is 0 Å². The second-order valence-electron chi connectivity index (χ2n) is 9.32. The first kappa shape index (κ1) is 24.5. The number of fused-ring (bicyclic) bond motifs is 4. The third kappa shape index (κ3) is 4.41. The van der Waals surface area contributed by atoms with Gasteiger partial charge in [-0.3, -0.25) is 4.31 Å². The fourth-order valence-electron chi connectivity index (χ4n) is 5.07. The van der Waals surface area contributed by atoms with Gasteiger partial charge in [0.25, 0.3) is 10.0 Å². The number of sulfonamides is 1. The lowest BCUT2D eigenvalue weighted by Crippen LogP contribution is -2.39. The zero-order valence-corrected chi connectivity index (χ0v) is 22.0. The van der Waals surface area contributed by atoms with Crippen molar-refractivity contribution >= 4 is 59.9 Å². The van der Waals surface area contributed by atoms with Crippen LogP contribution in [0.1, 0.15) is 0 Å². The van der Waals surface area contributed by atoms with E-state index in [4.69, 9.17) is 11.6 Å². The van der Waals surface area contributed by atoms with Gasteiger partial charge in [0.05, 0.1) is 29.8 Å². The van der Waals surface area contributed by atoms with Gasteiger partial charge in [0.1, 0.15) is 0 Å². The van der Waals surface area contributed by atoms with E-state index in [0.717, 1.165) is 32.6 Å². The summed E-state index contributed by atoms with van der Waals surface area (Å²) in [6, 6.07) is 35.5. The average molecular weight is 541 g/mol. The molecule has 0 saturated carbocycles. The van der Waals surface area contributed by atoms with Crippen LogP contribution in [0.3, 0.4) is 0 Å². The molecule has 5 nitrogen and oxygen atoms in total. The largest absolute Gasteiger partial charge is 0.389 e. The molecule has 0 aliphatic carbocycles. The van der Waals surface area contributed by atoms with Crippen molar-refractivity contribution in [1.29, 1.82) is 0 Å². The van der Waals surface area contributed by atoms with E-state index >= 15 is 0 Å². The van der Waals surface area contributed by atoms with Crippen molar-refractivity contribution in [3.05, 3.63) is 120 Å². The molecule has 0 amide bonds. The molecule has 1 N–H and O–H groups in total. The van der Waals surface area contributed by atoms with Crippen LogP contribution in [0.5, 0.6) is 0 Å². The van der Waals surface area contributed by atoms with Crippen LogP contribution in [-0.2, 0) is 16.6 Å². The Morgan fingerprint density at radius 2 is 1.32 bits per heavy atom. The van der Waals surface area contributed by atoms with E-state index in [1.807, 2.05) is 72.8 Å². The number of para-hydroxylation sites is 2. The van der Waals surface area contributed by atoms with Crippen molar-refractivity contribution in [2.45, 2.75) is 17.5 Å². The summed E-state index contributed by atoms with van der Waals surface area (Å²) in [4.78, 5) is 0.110. The zero-order valence-electron chi connectivity index (χ0n) is 20.4. The number of aromatic nitrogens is 1. The smallest absolute Gasteiger partial charge is 0.264 e. The SMILES string of the molecule is O=S(=O)(c1ccc(Cl)cc1)N(CC(O)Cn1c2ccccc2c2ccccc21)c1ccc2ccccc2c1. The van der Waals surface area contributed by atoms with Gasteiger partial charge in [0.2, 0.25) is 0 Å². The van der Waals surface area contributed by atoms with E-state index in [0.29, 0.717) is 10.7 Å². The Labute approximate surface area is 226 Å². The van der Waals surface area contributed by atoms with Gasteiger partial charge >= 0.3 is 0 Å². The molecule has 0 radical (unpaired) electrons. The molecule has 0 aliphatic heterocycles. The molecule has 0 aliphatic rings. The molecular formula is C31H25ClN2O3S. The van der Waals surface area contributed by atoms with Gasteiger partial charge < -0.3 is 9.67 Å². The second-order valence-corrected chi connectivity index (χ2v) is 11.6. The van der Waals surface area contributed by atoms with Crippen molar-refractivity contribution < 1.29 is 13.5 Å². The lowest BCUT2D eigenvalue weighted by Gasteiger charge is -2.27. The minimum Gasteiger partial charge on any atom is -0.389 e. The van der Waals surface area contributed by atoms with Gasteiger partial charge in [-0.05, 0) is 59.3 Å². The van der Waals surface area contributed by atoms with E-state index in [1.54, 1.807) is 18.2 Å². The summed E-state index contributed by atoms with van der Waals surface area (Å²) < 4.78 is 31.2. The van der Waals surface area contributed by atoms with Crippen molar-refractivity contribution in [1.82, 2.24) is 4.57 Å². The molecule has 5 aromatic carbocycles. The quantitative estimate of drug-likeness (QED) is 0.241. The first-order valence-electron chi connectivity index (χ1n) is 12.3. The summed E-state index contributed by atoms with van der Waals surface area (Å²) in [6.07, 6.45) is -0.984. The monoisotopic (exact) mass is 540 g/mol. The molecule has 1 aromatic heterocycles. The fourth-order valence-corrected chi connectivity index (χ4v) is 6.69. The number of hydrogen-bond acceptors (Lipinski definition) is 3. The van der Waals surface area contributed by atoms with E-state index in [2.05, 4.69) is 16.7 Å². The number of anilines is 1. The molecule has 0 spiro atoms. The summed E-state index contributed by atoms with van der Waals surface area (Å²) >= 11 is 6.03. The van der Waals surface area contributed by atoms with E-state index in [-0.39, 0.29) is 18.0 Å². The number of aliphatic hydroxyl groups is 1. The standard InChI is InChI=1S/C31H25ClN2O3S/c32-24-14-17-27(18-15-24)38(36,37)34(25-16-13-22-7-1-2-8-23(22)19-25)21-26(35)20-33-30-11-5-3-9-28(30)29-10-4-6-12-31(29)33/h1-19,26,35H,20-21H2. The van der Waals surface area contributed by atoms with Crippen LogP contribution in [-0.4, -0.2) is 30.7 Å². The predicted molar refractivity (Wildman–Crippen MR) is 155 cm³/mol. The van der Waals surface area contributed by atoms with Gasteiger partial charge in [0, 0.05) is 26.8 Å². The van der Waals surface area contributed by atoms with Crippen LogP contribution in [0, 0.1) is 0 Å². The number of rotatable bonds is 7. The lowest BCUT2D eigenvalue weighted by molar-refractivity contribution is 0.166. The molecule has 0 bridgehead atoms. The Hall–Kier alpha value is -3.84. The molecule has 6 aromatic rings. The average Bonchev–Trinajstić information content (AvgIpc) is 3.25. The number of aliphatic hydroxyl groups excluding tert-OH is 1. The van der Waals surface area contributed by atoms with Gasteiger partial charge in [0.15, 0.2) is 0 Å². The Bertz CT molecular complexity index is 1830. The Balaban J connectivity index is 1.41. The van der Waals surface area contributed by atoms with Crippen molar-refractivity contribution in [2.24, 2.45) is 0 Å². The predicted octanol–water partition coefficient (Wildman–Crippen LogP) is 6.86. The summed E-state index contributed by atoms with van der Waals surface area (Å²) in [5.74, 6) is 0. The van der Waals surface area contributed by atoms with E-state index in [1.165, 1.54) is 16.4 Å². The van der Waals surface area contributed by atoms with Crippen LogP contribution in [0.25, 0.3) is 32.6 Å². The van der Waals surface area contributed by atoms with Crippen LogP contribution in [0.2, 0.25) is 5.02 Å². The maximum Gasteiger partial charge on any atom is 0.264 e. The summed E-state index contributed by atoms with van der Waals surface area (Å²) in [5.41, 5.74) is 2.47. The molecule has 7 heteroatoms. The maximum atomic E-state index is 13.9. The fraction of sp³-hybridized carbons (Fsp3) is 0.0968. The molecule has 1 atom stereocenters. The topological polar surface area (TPSA) is 62.5 Å². The van der Waals surface area contributed by atoms with Gasteiger partial charge in [-0.2, -0.15) is 0 Å². The molecule has 1 heterocycles. The van der Waals surface area contributed by atoms with Crippen molar-refractivity contribution in [2.75, 3.05) is 10.8 Å². The Kier molecular flexibility index (Phi) is 6.32. The Morgan fingerprint density at radius 3 is 1.97 bits per heavy atom. The highest BCUT2D eigenvalue weighted by atomic mass is 35.5. The highest BCUT2D eigenvalue weighted by Gasteiger charge is 2.28. The summed E-state index contributed by atoms with van der Waals surface area (Å²) in [6.45, 7) is 0.110. The summed E-state index contributed by atoms with van der Waals surface area (Å²) in [7, 11) is -3.99. The normalized spacial score (nSPS) is 12.8. The number of nitrogens with zero attached hydrogens (tertiary/aromatic N) is 2.